The molecule has 0 aliphatic heterocycles. The molecule has 0 atom stereocenters. The van der Waals surface area contributed by atoms with Crippen LogP contribution in [0.25, 0.3) is 0 Å². The third-order valence-electron chi connectivity index (χ3n) is 7.20. The molecule has 0 unspecified atom stereocenters. The van der Waals surface area contributed by atoms with Crippen molar-refractivity contribution >= 4 is 34.4 Å². The van der Waals surface area contributed by atoms with E-state index in [0.717, 1.165) is 48.2 Å². The molecule has 1 heterocycles. The number of allylic oxidation sites excluding steroid dienone is 1. The minimum absolute atomic E-state index is 0.675. The molecular formula is C29H43IN6. The largest absolute Gasteiger partial charge is 0.370 e. The second-order valence-electron chi connectivity index (χ2n) is 10.2. The summed E-state index contributed by atoms with van der Waals surface area (Å²) in [6.45, 7) is 4.74. The van der Waals surface area contributed by atoms with Gasteiger partial charge >= 0.3 is 0 Å². The van der Waals surface area contributed by atoms with Gasteiger partial charge in [0, 0.05) is 31.7 Å². The number of benzene rings is 1. The number of hydrogen-bond donors (Lipinski definition) is 4. The van der Waals surface area contributed by atoms with Crippen LogP contribution in [0.4, 0.5) is 11.8 Å². The second-order valence-corrected chi connectivity index (χ2v) is 11.3. The molecule has 1 aromatic carbocycles. The zero-order chi connectivity index (χ0) is 24.8. The van der Waals surface area contributed by atoms with Crippen molar-refractivity contribution in [2.24, 2.45) is 0 Å². The molecule has 2 aromatic rings. The Labute approximate surface area is 231 Å². The van der Waals surface area contributed by atoms with Gasteiger partial charge in [-0.3, -0.25) is 0 Å². The van der Waals surface area contributed by atoms with Crippen LogP contribution in [0, 0.1) is 3.70 Å². The first-order chi connectivity index (χ1) is 17.7. The number of nitrogens with zero attached hydrogens (tertiary/aromatic N) is 2. The average Bonchev–Trinajstić information content (AvgIpc) is 2.91. The summed E-state index contributed by atoms with van der Waals surface area (Å²) in [5.41, 5.74) is 4.14. The summed E-state index contributed by atoms with van der Waals surface area (Å²) in [5.74, 6) is 1.57. The molecule has 7 heteroatoms. The van der Waals surface area contributed by atoms with Crippen molar-refractivity contribution in [2.45, 2.75) is 89.8 Å². The van der Waals surface area contributed by atoms with Gasteiger partial charge in [0.1, 0.15) is 9.52 Å². The van der Waals surface area contributed by atoms with Crippen LogP contribution in [0.1, 0.15) is 81.8 Å². The monoisotopic (exact) mass is 602 g/mol. The molecule has 0 spiro atoms. The Bertz CT molecular complexity index is 939. The Balaban J connectivity index is 1.13. The van der Waals surface area contributed by atoms with Gasteiger partial charge in [-0.25, -0.2) is 4.98 Å². The average molecular weight is 603 g/mol. The lowest BCUT2D eigenvalue weighted by molar-refractivity contribution is 0.371. The lowest BCUT2D eigenvalue weighted by Crippen LogP contribution is -2.33. The van der Waals surface area contributed by atoms with E-state index in [4.69, 9.17) is 0 Å². The SMILES string of the molecule is Ic1cc(NCCC2=CCCCC2)nc(NCc2ccc(CNCCCNC3CCCCC3)cc2)n1. The molecule has 6 nitrogen and oxygen atoms in total. The zero-order valence-corrected chi connectivity index (χ0v) is 23.8. The predicted octanol–water partition coefficient (Wildman–Crippen LogP) is 6.40. The van der Waals surface area contributed by atoms with Crippen molar-refractivity contribution in [3.8, 4) is 0 Å². The Kier molecular flexibility index (Phi) is 11.8. The first kappa shape index (κ1) is 27.3. The molecule has 4 N–H and O–H groups in total. The number of nitrogens with one attached hydrogen (secondary N) is 4. The number of aromatic nitrogens is 2. The Morgan fingerprint density at radius 1 is 0.833 bits per heavy atom. The van der Waals surface area contributed by atoms with Crippen molar-refractivity contribution in [2.75, 3.05) is 30.3 Å². The molecule has 196 valence electrons. The van der Waals surface area contributed by atoms with Crippen LogP contribution in [-0.4, -0.2) is 35.6 Å². The third-order valence-corrected chi connectivity index (χ3v) is 7.76. The standard InChI is InChI=1S/C29H43IN6/c30-27-20-28(33-19-16-23-8-3-1-4-9-23)36-29(35-27)34-22-25-14-12-24(13-15-25)21-31-17-7-18-32-26-10-5-2-6-11-26/h8,12-15,20,26,31-32H,1-7,9-11,16-19,21-22H2,(H2,33,34,35,36). The lowest BCUT2D eigenvalue weighted by atomic mass is 9.95. The predicted molar refractivity (Wildman–Crippen MR) is 159 cm³/mol. The van der Waals surface area contributed by atoms with Gasteiger partial charge in [-0.2, -0.15) is 4.98 Å². The van der Waals surface area contributed by atoms with Gasteiger partial charge in [0.15, 0.2) is 0 Å². The highest BCUT2D eigenvalue weighted by Gasteiger charge is 2.11. The lowest BCUT2D eigenvalue weighted by Gasteiger charge is -2.22. The van der Waals surface area contributed by atoms with Crippen molar-refractivity contribution in [1.82, 2.24) is 20.6 Å². The van der Waals surface area contributed by atoms with E-state index in [2.05, 4.69) is 84.2 Å². The molecule has 2 aliphatic rings. The van der Waals surface area contributed by atoms with E-state index in [1.165, 1.54) is 75.3 Å². The van der Waals surface area contributed by atoms with Gasteiger partial charge in [-0.05, 0) is 98.2 Å². The number of anilines is 2. The van der Waals surface area contributed by atoms with E-state index >= 15 is 0 Å². The van der Waals surface area contributed by atoms with Crippen LogP contribution in [-0.2, 0) is 13.1 Å². The summed E-state index contributed by atoms with van der Waals surface area (Å²) in [7, 11) is 0. The molecule has 2 aliphatic carbocycles. The van der Waals surface area contributed by atoms with E-state index < -0.39 is 0 Å². The summed E-state index contributed by atoms with van der Waals surface area (Å²) in [6, 6.07) is 11.6. The van der Waals surface area contributed by atoms with Crippen molar-refractivity contribution in [1.29, 1.82) is 0 Å². The normalized spacial score (nSPS) is 16.5. The van der Waals surface area contributed by atoms with Crippen LogP contribution in [0.3, 0.4) is 0 Å². The van der Waals surface area contributed by atoms with Crippen molar-refractivity contribution in [3.63, 3.8) is 0 Å². The highest BCUT2D eigenvalue weighted by atomic mass is 127. The summed E-state index contributed by atoms with van der Waals surface area (Å²) in [4.78, 5) is 9.23. The van der Waals surface area contributed by atoms with Gasteiger partial charge in [-0.1, -0.05) is 55.2 Å². The topological polar surface area (TPSA) is 73.9 Å². The smallest absolute Gasteiger partial charge is 0.225 e. The molecule has 1 fully saturated rings. The quantitative estimate of drug-likeness (QED) is 0.0869. The Morgan fingerprint density at radius 2 is 1.64 bits per heavy atom. The Hall–Kier alpha value is -1.71. The van der Waals surface area contributed by atoms with E-state index in [-0.39, 0.29) is 0 Å². The molecule has 1 aromatic heterocycles. The molecule has 36 heavy (non-hydrogen) atoms. The number of rotatable bonds is 14. The van der Waals surface area contributed by atoms with Crippen molar-refractivity contribution < 1.29 is 0 Å². The van der Waals surface area contributed by atoms with E-state index in [9.17, 15) is 0 Å². The molecule has 4 rings (SSSR count). The maximum absolute atomic E-state index is 4.67. The fourth-order valence-electron chi connectivity index (χ4n) is 5.09. The first-order valence-corrected chi connectivity index (χ1v) is 15.0. The van der Waals surface area contributed by atoms with Gasteiger partial charge < -0.3 is 21.3 Å². The van der Waals surface area contributed by atoms with Crippen LogP contribution in [0.5, 0.6) is 0 Å². The van der Waals surface area contributed by atoms with E-state index in [0.29, 0.717) is 12.5 Å². The summed E-state index contributed by atoms with van der Waals surface area (Å²) in [6.07, 6.45) is 16.8. The van der Waals surface area contributed by atoms with Gasteiger partial charge in [0.05, 0.1) is 0 Å². The van der Waals surface area contributed by atoms with Gasteiger partial charge in [0.2, 0.25) is 5.95 Å². The second kappa shape index (κ2) is 15.5. The Morgan fingerprint density at radius 3 is 2.42 bits per heavy atom. The molecule has 0 bridgehead atoms. The molecule has 0 saturated heterocycles. The van der Waals surface area contributed by atoms with Crippen molar-refractivity contribution in [3.05, 3.63) is 56.8 Å². The van der Waals surface area contributed by atoms with Crippen LogP contribution < -0.4 is 21.3 Å². The molecular weight excluding hydrogens is 559 g/mol. The summed E-state index contributed by atoms with van der Waals surface area (Å²) >= 11 is 2.26. The van der Waals surface area contributed by atoms with Crippen LogP contribution in [0.2, 0.25) is 0 Å². The number of halogens is 1. The maximum atomic E-state index is 4.67. The molecule has 0 amide bonds. The van der Waals surface area contributed by atoms with E-state index in [1.807, 2.05) is 6.07 Å². The molecule has 1 saturated carbocycles. The fraction of sp³-hybridized carbons (Fsp3) is 0.586. The maximum Gasteiger partial charge on any atom is 0.225 e. The van der Waals surface area contributed by atoms with Crippen LogP contribution >= 0.6 is 22.6 Å². The van der Waals surface area contributed by atoms with Gasteiger partial charge in [-0.15, -0.1) is 0 Å². The fourth-order valence-corrected chi connectivity index (χ4v) is 5.61. The highest BCUT2D eigenvalue weighted by molar-refractivity contribution is 14.1. The first-order valence-electron chi connectivity index (χ1n) is 14.0. The zero-order valence-electron chi connectivity index (χ0n) is 21.6. The minimum Gasteiger partial charge on any atom is -0.370 e. The minimum atomic E-state index is 0.675. The van der Waals surface area contributed by atoms with E-state index in [1.54, 1.807) is 5.57 Å². The number of hydrogen-bond acceptors (Lipinski definition) is 6. The summed E-state index contributed by atoms with van der Waals surface area (Å²) in [5, 5.41) is 14.2. The highest BCUT2D eigenvalue weighted by Crippen LogP contribution is 2.21. The molecule has 0 radical (unpaired) electrons. The summed E-state index contributed by atoms with van der Waals surface area (Å²) < 4.78 is 0.944. The van der Waals surface area contributed by atoms with Gasteiger partial charge in [0.25, 0.3) is 0 Å². The third kappa shape index (κ3) is 9.98. The van der Waals surface area contributed by atoms with Crippen LogP contribution in [0.15, 0.2) is 42.0 Å².